The van der Waals surface area contributed by atoms with E-state index in [9.17, 15) is 4.39 Å². The lowest BCUT2D eigenvalue weighted by molar-refractivity contribution is 0.168. The number of halogens is 1. The molecule has 0 bridgehead atoms. The molecule has 1 aromatic rings. The molecule has 1 aromatic carbocycles. The smallest absolute Gasteiger partial charge is 0.128 e. The third-order valence-electron chi connectivity index (χ3n) is 2.94. The second-order valence-electron chi connectivity index (χ2n) is 4.33. The first-order valence-electron chi connectivity index (χ1n) is 5.08. The van der Waals surface area contributed by atoms with Crippen LogP contribution in [0, 0.1) is 6.92 Å². The van der Waals surface area contributed by atoms with E-state index in [1.807, 2.05) is 25.1 Å². The average Bonchev–Trinajstić information content (AvgIpc) is 2.45. The lowest BCUT2D eigenvalue weighted by atomic mass is 9.92. The maximum Gasteiger partial charge on any atom is 0.128 e. The predicted octanol–water partition coefficient (Wildman–Crippen LogP) is 2.76. The Hall–Kier alpha value is -0.890. The number of benzene rings is 1. The van der Waals surface area contributed by atoms with Gasteiger partial charge in [-0.25, -0.2) is 4.39 Å². The molecule has 2 rings (SSSR count). The first-order valence-corrected chi connectivity index (χ1v) is 5.08. The van der Waals surface area contributed by atoms with Crippen LogP contribution < -0.4 is 5.32 Å². The van der Waals surface area contributed by atoms with Gasteiger partial charge in [0.25, 0.3) is 0 Å². The van der Waals surface area contributed by atoms with Crippen LogP contribution in [0.1, 0.15) is 30.5 Å². The van der Waals surface area contributed by atoms with Gasteiger partial charge in [0.2, 0.25) is 0 Å². The fraction of sp³-hybridized carbons (Fsp3) is 0.500. The van der Waals surface area contributed by atoms with Crippen LogP contribution in [0.25, 0.3) is 0 Å². The zero-order chi connectivity index (χ0) is 10.2. The Labute approximate surface area is 84.3 Å². The number of hydrogen-bond acceptors (Lipinski definition) is 1. The summed E-state index contributed by atoms with van der Waals surface area (Å²) in [6.45, 7) is 4.49. The average molecular weight is 193 g/mol. The van der Waals surface area contributed by atoms with E-state index in [0.29, 0.717) is 6.42 Å². The first kappa shape index (κ1) is 9.66. The van der Waals surface area contributed by atoms with Crippen LogP contribution in [0.2, 0.25) is 0 Å². The molecular formula is C12H16FN. The fourth-order valence-corrected chi connectivity index (χ4v) is 2.13. The largest absolute Gasteiger partial charge is 0.307 e. The summed E-state index contributed by atoms with van der Waals surface area (Å²) in [5, 5.41) is 3.22. The van der Waals surface area contributed by atoms with Gasteiger partial charge in [0.1, 0.15) is 5.67 Å². The van der Waals surface area contributed by atoms with E-state index >= 15 is 0 Å². The van der Waals surface area contributed by atoms with E-state index in [1.165, 1.54) is 5.56 Å². The maximum absolute atomic E-state index is 14.0. The van der Waals surface area contributed by atoms with Crippen molar-refractivity contribution in [3.8, 4) is 0 Å². The van der Waals surface area contributed by atoms with Crippen molar-refractivity contribution >= 4 is 0 Å². The van der Waals surface area contributed by atoms with Crippen molar-refractivity contribution < 1.29 is 4.39 Å². The lowest BCUT2D eigenvalue weighted by Gasteiger charge is -2.23. The summed E-state index contributed by atoms with van der Waals surface area (Å²) in [6, 6.07) is 7.94. The summed E-state index contributed by atoms with van der Waals surface area (Å²) in [4.78, 5) is 0. The monoisotopic (exact) mass is 193 g/mol. The lowest BCUT2D eigenvalue weighted by Crippen LogP contribution is -2.27. The van der Waals surface area contributed by atoms with Crippen LogP contribution in [0.3, 0.4) is 0 Å². The molecule has 2 unspecified atom stereocenters. The van der Waals surface area contributed by atoms with Crippen molar-refractivity contribution in [2.45, 2.75) is 32.0 Å². The molecule has 0 radical (unpaired) electrons. The van der Waals surface area contributed by atoms with Crippen molar-refractivity contribution in [1.29, 1.82) is 0 Å². The summed E-state index contributed by atoms with van der Waals surface area (Å²) < 4.78 is 14.0. The molecule has 1 saturated heterocycles. The molecular weight excluding hydrogens is 177 g/mol. The molecule has 0 spiro atoms. The SMILES string of the molecule is Cc1cccc(C2NCCC2(C)F)c1. The van der Waals surface area contributed by atoms with Crippen molar-refractivity contribution in [3.63, 3.8) is 0 Å². The number of alkyl halides is 1. The Kier molecular flexibility index (Phi) is 2.31. The third-order valence-corrected chi connectivity index (χ3v) is 2.94. The molecule has 2 atom stereocenters. The van der Waals surface area contributed by atoms with Gasteiger partial charge in [0, 0.05) is 0 Å². The number of aryl methyl sites for hydroxylation is 1. The van der Waals surface area contributed by atoms with Gasteiger partial charge in [0.15, 0.2) is 0 Å². The summed E-state index contributed by atoms with van der Waals surface area (Å²) in [5.41, 5.74) is 1.15. The zero-order valence-corrected chi connectivity index (χ0v) is 8.68. The number of nitrogens with one attached hydrogen (secondary N) is 1. The van der Waals surface area contributed by atoms with E-state index in [-0.39, 0.29) is 6.04 Å². The molecule has 14 heavy (non-hydrogen) atoms. The van der Waals surface area contributed by atoms with Crippen LogP contribution in [-0.4, -0.2) is 12.2 Å². The summed E-state index contributed by atoms with van der Waals surface area (Å²) in [7, 11) is 0. The van der Waals surface area contributed by atoms with Crippen LogP contribution in [0.4, 0.5) is 4.39 Å². The maximum atomic E-state index is 14.0. The van der Waals surface area contributed by atoms with Crippen molar-refractivity contribution in [1.82, 2.24) is 5.32 Å². The normalized spacial score (nSPS) is 32.1. The van der Waals surface area contributed by atoms with Gasteiger partial charge < -0.3 is 5.32 Å². The Morgan fingerprint density at radius 1 is 1.50 bits per heavy atom. The first-order chi connectivity index (χ1) is 6.59. The van der Waals surface area contributed by atoms with E-state index in [0.717, 1.165) is 12.1 Å². The highest BCUT2D eigenvalue weighted by Gasteiger charge is 2.39. The van der Waals surface area contributed by atoms with Gasteiger partial charge in [0.05, 0.1) is 6.04 Å². The molecule has 2 heteroatoms. The molecule has 1 N–H and O–H groups in total. The molecule has 0 aliphatic carbocycles. The molecule has 1 heterocycles. The van der Waals surface area contributed by atoms with Crippen LogP contribution in [0.5, 0.6) is 0 Å². The number of rotatable bonds is 1. The molecule has 0 saturated carbocycles. The molecule has 1 nitrogen and oxygen atoms in total. The highest BCUT2D eigenvalue weighted by atomic mass is 19.1. The standard InChI is InChI=1S/C12H16FN/c1-9-4-3-5-10(8-9)11-12(2,13)6-7-14-11/h3-5,8,11,14H,6-7H2,1-2H3. The van der Waals surface area contributed by atoms with E-state index in [2.05, 4.69) is 11.4 Å². The summed E-state index contributed by atoms with van der Waals surface area (Å²) in [5.74, 6) is 0. The van der Waals surface area contributed by atoms with Gasteiger partial charge in [-0.15, -0.1) is 0 Å². The Balaban J connectivity index is 2.31. The highest BCUT2D eigenvalue weighted by molar-refractivity contribution is 5.28. The van der Waals surface area contributed by atoms with Gasteiger partial charge in [-0.2, -0.15) is 0 Å². The van der Waals surface area contributed by atoms with E-state index < -0.39 is 5.67 Å². The van der Waals surface area contributed by atoms with Gasteiger partial charge in [-0.3, -0.25) is 0 Å². The second-order valence-corrected chi connectivity index (χ2v) is 4.33. The quantitative estimate of drug-likeness (QED) is 0.723. The Bertz CT molecular complexity index is 333. The zero-order valence-electron chi connectivity index (χ0n) is 8.68. The minimum absolute atomic E-state index is 0.137. The molecule has 0 amide bonds. The minimum Gasteiger partial charge on any atom is -0.307 e. The van der Waals surface area contributed by atoms with E-state index in [1.54, 1.807) is 6.92 Å². The Morgan fingerprint density at radius 3 is 2.86 bits per heavy atom. The van der Waals surface area contributed by atoms with Gasteiger partial charge in [-0.1, -0.05) is 29.8 Å². The van der Waals surface area contributed by atoms with Gasteiger partial charge in [-0.05, 0) is 32.4 Å². The van der Waals surface area contributed by atoms with Gasteiger partial charge >= 0.3 is 0 Å². The van der Waals surface area contributed by atoms with Crippen molar-refractivity contribution in [2.75, 3.05) is 6.54 Å². The third kappa shape index (κ3) is 1.67. The molecule has 1 fully saturated rings. The minimum atomic E-state index is -1.10. The number of hydrogen-bond donors (Lipinski definition) is 1. The topological polar surface area (TPSA) is 12.0 Å². The highest BCUT2D eigenvalue weighted by Crippen LogP contribution is 2.36. The molecule has 76 valence electrons. The molecule has 1 aliphatic heterocycles. The predicted molar refractivity (Wildman–Crippen MR) is 56.1 cm³/mol. The second kappa shape index (κ2) is 3.35. The van der Waals surface area contributed by atoms with Crippen molar-refractivity contribution in [2.24, 2.45) is 0 Å². The van der Waals surface area contributed by atoms with Crippen molar-refractivity contribution in [3.05, 3.63) is 35.4 Å². The Morgan fingerprint density at radius 2 is 2.29 bits per heavy atom. The van der Waals surface area contributed by atoms with Crippen LogP contribution in [-0.2, 0) is 0 Å². The molecule has 1 aliphatic rings. The van der Waals surface area contributed by atoms with Crippen LogP contribution in [0.15, 0.2) is 24.3 Å². The van der Waals surface area contributed by atoms with Crippen LogP contribution >= 0.6 is 0 Å². The fourth-order valence-electron chi connectivity index (χ4n) is 2.13. The summed E-state index contributed by atoms with van der Waals surface area (Å²) >= 11 is 0. The van der Waals surface area contributed by atoms with E-state index in [4.69, 9.17) is 0 Å². The summed E-state index contributed by atoms with van der Waals surface area (Å²) in [6.07, 6.45) is 0.603. The molecule has 0 aromatic heterocycles.